The van der Waals surface area contributed by atoms with E-state index in [0.717, 1.165) is 0 Å². The molecular formula is C11H15F3N4O2. The Hall–Kier alpha value is -1.64. The molecule has 0 unspecified atom stereocenters. The summed E-state index contributed by atoms with van der Waals surface area (Å²) in [5.41, 5.74) is -0.0653. The van der Waals surface area contributed by atoms with Crippen molar-refractivity contribution in [2.75, 3.05) is 19.6 Å². The average Bonchev–Trinajstić information content (AvgIpc) is 2.86. The van der Waals surface area contributed by atoms with Gasteiger partial charge in [0.15, 0.2) is 0 Å². The number of hydrogen-bond donors (Lipinski definition) is 0. The Kier molecular flexibility index (Phi) is 4.26. The van der Waals surface area contributed by atoms with E-state index in [4.69, 9.17) is 0 Å². The van der Waals surface area contributed by atoms with Crippen molar-refractivity contribution in [1.29, 1.82) is 0 Å². The minimum Gasteiger partial charge on any atom is -0.303 e. The van der Waals surface area contributed by atoms with Crippen molar-refractivity contribution in [2.24, 2.45) is 0 Å². The SMILES string of the molecule is O=[N+]([O-])c1cnn(C2CCN(CCC(F)(F)F)CC2)c1. The molecule has 20 heavy (non-hydrogen) atoms. The summed E-state index contributed by atoms with van der Waals surface area (Å²) in [5, 5.41) is 14.5. The number of nitrogens with zero attached hydrogens (tertiary/aromatic N) is 4. The molecule has 0 N–H and O–H groups in total. The van der Waals surface area contributed by atoms with Gasteiger partial charge in [0.05, 0.1) is 17.4 Å². The molecule has 1 aliphatic heterocycles. The van der Waals surface area contributed by atoms with Gasteiger partial charge >= 0.3 is 11.9 Å². The monoisotopic (exact) mass is 292 g/mol. The lowest BCUT2D eigenvalue weighted by Gasteiger charge is -2.32. The second kappa shape index (κ2) is 5.78. The molecule has 6 nitrogen and oxygen atoms in total. The first-order chi connectivity index (χ1) is 9.35. The maximum atomic E-state index is 12.1. The standard InChI is InChI=1S/C11H15F3N4O2/c12-11(13,14)3-6-16-4-1-9(2-5-16)17-8-10(7-15-17)18(19)20/h7-9H,1-6H2. The minimum absolute atomic E-state index is 0.00940. The van der Waals surface area contributed by atoms with E-state index in [1.54, 1.807) is 9.58 Å². The summed E-state index contributed by atoms with van der Waals surface area (Å²) in [4.78, 5) is 11.8. The fourth-order valence-electron chi connectivity index (χ4n) is 2.31. The van der Waals surface area contributed by atoms with Crippen molar-refractivity contribution in [2.45, 2.75) is 31.5 Å². The van der Waals surface area contributed by atoms with E-state index in [-0.39, 0.29) is 18.3 Å². The van der Waals surface area contributed by atoms with Gasteiger partial charge in [-0.15, -0.1) is 0 Å². The van der Waals surface area contributed by atoms with Crippen LogP contribution >= 0.6 is 0 Å². The Morgan fingerprint density at radius 1 is 1.40 bits per heavy atom. The Balaban J connectivity index is 1.83. The maximum Gasteiger partial charge on any atom is 0.390 e. The highest BCUT2D eigenvalue weighted by molar-refractivity contribution is 5.21. The molecule has 0 radical (unpaired) electrons. The lowest BCUT2D eigenvalue weighted by molar-refractivity contribution is -0.385. The quantitative estimate of drug-likeness (QED) is 0.631. The molecule has 2 rings (SSSR count). The summed E-state index contributed by atoms with van der Waals surface area (Å²) in [6.07, 6.45) is -1.07. The second-order valence-electron chi connectivity index (χ2n) is 4.87. The topological polar surface area (TPSA) is 64.2 Å². The van der Waals surface area contributed by atoms with Gasteiger partial charge in [0.1, 0.15) is 12.4 Å². The zero-order valence-electron chi connectivity index (χ0n) is 10.7. The van der Waals surface area contributed by atoms with Crippen LogP contribution in [-0.2, 0) is 0 Å². The molecule has 0 saturated carbocycles. The van der Waals surface area contributed by atoms with Crippen molar-refractivity contribution in [3.63, 3.8) is 0 Å². The summed E-state index contributed by atoms with van der Waals surface area (Å²) < 4.78 is 37.9. The zero-order valence-corrected chi connectivity index (χ0v) is 10.7. The number of halogens is 3. The Morgan fingerprint density at radius 2 is 2.05 bits per heavy atom. The van der Waals surface area contributed by atoms with Gasteiger partial charge < -0.3 is 4.90 Å². The molecule has 1 saturated heterocycles. The zero-order chi connectivity index (χ0) is 14.8. The Labute approximate surface area is 113 Å². The molecule has 1 aromatic heterocycles. The van der Waals surface area contributed by atoms with E-state index in [0.29, 0.717) is 25.9 Å². The molecular weight excluding hydrogens is 277 g/mol. The molecule has 0 aromatic carbocycles. The van der Waals surface area contributed by atoms with Crippen molar-refractivity contribution in [1.82, 2.24) is 14.7 Å². The number of rotatable bonds is 4. The molecule has 0 amide bonds. The Bertz CT molecular complexity index is 466. The predicted octanol–water partition coefficient (Wildman–Crippen LogP) is 2.38. The van der Waals surface area contributed by atoms with E-state index in [2.05, 4.69) is 5.10 Å². The molecule has 9 heteroatoms. The van der Waals surface area contributed by atoms with Gasteiger partial charge in [-0.1, -0.05) is 0 Å². The van der Waals surface area contributed by atoms with Gasteiger partial charge in [-0.2, -0.15) is 18.3 Å². The molecule has 0 atom stereocenters. The summed E-state index contributed by atoms with van der Waals surface area (Å²) in [6.45, 7) is 1.11. The second-order valence-corrected chi connectivity index (χ2v) is 4.87. The minimum atomic E-state index is -4.13. The third-order valence-electron chi connectivity index (χ3n) is 3.44. The van der Waals surface area contributed by atoms with E-state index in [1.807, 2.05) is 0 Å². The summed E-state index contributed by atoms with van der Waals surface area (Å²) in [6, 6.07) is 0.0193. The molecule has 0 bridgehead atoms. The largest absolute Gasteiger partial charge is 0.390 e. The third-order valence-corrected chi connectivity index (χ3v) is 3.44. The Morgan fingerprint density at radius 3 is 2.55 bits per heavy atom. The van der Waals surface area contributed by atoms with E-state index >= 15 is 0 Å². The number of alkyl halides is 3. The van der Waals surface area contributed by atoms with Crippen LogP contribution < -0.4 is 0 Å². The first kappa shape index (κ1) is 14.8. The van der Waals surface area contributed by atoms with Crippen LogP contribution in [-0.4, -0.2) is 45.4 Å². The van der Waals surface area contributed by atoms with Crippen LogP contribution in [0.15, 0.2) is 12.4 Å². The molecule has 1 aliphatic rings. The smallest absolute Gasteiger partial charge is 0.303 e. The highest BCUT2D eigenvalue weighted by atomic mass is 19.4. The van der Waals surface area contributed by atoms with Gasteiger partial charge in [0.25, 0.3) is 0 Å². The van der Waals surface area contributed by atoms with E-state index < -0.39 is 17.5 Å². The van der Waals surface area contributed by atoms with E-state index in [1.165, 1.54) is 12.4 Å². The number of likely N-dealkylation sites (tertiary alicyclic amines) is 1. The number of piperidine rings is 1. The predicted molar refractivity (Wildman–Crippen MR) is 64.3 cm³/mol. The first-order valence-corrected chi connectivity index (χ1v) is 6.33. The average molecular weight is 292 g/mol. The highest BCUT2D eigenvalue weighted by Gasteiger charge is 2.29. The van der Waals surface area contributed by atoms with Crippen molar-refractivity contribution >= 4 is 5.69 Å². The summed E-state index contributed by atoms with van der Waals surface area (Å²) >= 11 is 0. The van der Waals surface area contributed by atoms with Crippen LogP contribution in [0.3, 0.4) is 0 Å². The van der Waals surface area contributed by atoms with Crippen LogP contribution in [0.1, 0.15) is 25.3 Å². The first-order valence-electron chi connectivity index (χ1n) is 6.33. The van der Waals surface area contributed by atoms with Crippen LogP contribution in [0.5, 0.6) is 0 Å². The van der Waals surface area contributed by atoms with Gasteiger partial charge in [-0.05, 0) is 12.8 Å². The maximum absolute atomic E-state index is 12.1. The molecule has 2 heterocycles. The lowest BCUT2D eigenvalue weighted by atomic mass is 10.1. The third kappa shape index (κ3) is 3.92. The molecule has 0 spiro atoms. The van der Waals surface area contributed by atoms with Crippen LogP contribution in [0.4, 0.5) is 18.9 Å². The highest BCUT2D eigenvalue weighted by Crippen LogP contribution is 2.25. The fraction of sp³-hybridized carbons (Fsp3) is 0.727. The number of aromatic nitrogens is 2. The van der Waals surface area contributed by atoms with Crippen LogP contribution in [0.25, 0.3) is 0 Å². The lowest BCUT2D eigenvalue weighted by Crippen LogP contribution is -2.36. The fourth-order valence-corrected chi connectivity index (χ4v) is 2.31. The van der Waals surface area contributed by atoms with Crippen LogP contribution in [0.2, 0.25) is 0 Å². The molecule has 1 fully saturated rings. The van der Waals surface area contributed by atoms with E-state index in [9.17, 15) is 23.3 Å². The van der Waals surface area contributed by atoms with Gasteiger partial charge in [0.2, 0.25) is 0 Å². The number of nitro groups is 1. The van der Waals surface area contributed by atoms with Gasteiger partial charge in [0, 0.05) is 19.6 Å². The normalized spacial score (nSPS) is 18.4. The summed E-state index contributed by atoms with van der Waals surface area (Å²) in [5.74, 6) is 0. The summed E-state index contributed by atoms with van der Waals surface area (Å²) in [7, 11) is 0. The molecule has 1 aromatic rings. The van der Waals surface area contributed by atoms with Gasteiger partial charge in [-0.25, -0.2) is 0 Å². The molecule has 0 aliphatic carbocycles. The molecule has 112 valence electrons. The van der Waals surface area contributed by atoms with Crippen molar-refractivity contribution in [3.05, 3.63) is 22.5 Å². The van der Waals surface area contributed by atoms with Crippen LogP contribution in [0, 0.1) is 10.1 Å². The van der Waals surface area contributed by atoms with Gasteiger partial charge in [-0.3, -0.25) is 14.8 Å². The van der Waals surface area contributed by atoms with Crippen molar-refractivity contribution in [3.8, 4) is 0 Å². The number of hydrogen-bond acceptors (Lipinski definition) is 4. The van der Waals surface area contributed by atoms with Crippen molar-refractivity contribution < 1.29 is 18.1 Å².